The van der Waals surface area contributed by atoms with Gasteiger partial charge in [0.05, 0.1) is 16.7 Å². The molecular weight excluding hydrogens is 749 g/mol. The Morgan fingerprint density at radius 2 is 0.758 bits per heavy atom. The Hall–Kier alpha value is -8.20. The molecule has 0 radical (unpaired) electrons. The van der Waals surface area contributed by atoms with Crippen molar-refractivity contribution in [2.45, 2.75) is 0 Å². The number of hydrogen-bond donors (Lipinski definition) is 0. The number of para-hydroxylation sites is 2. The minimum atomic E-state index is 1.07. The lowest BCUT2D eigenvalue weighted by Crippen LogP contribution is -2.12. The second-order valence-corrected chi connectivity index (χ2v) is 15.7. The van der Waals surface area contributed by atoms with Crippen LogP contribution in [0.25, 0.3) is 83.1 Å². The van der Waals surface area contributed by atoms with E-state index in [4.69, 9.17) is 0 Å². The van der Waals surface area contributed by atoms with Crippen LogP contribution in [0.4, 0.5) is 17.1 Å². The average Bonchev–Trinajstić information content (AvgIpc) is 3.69. The number of hydrogen-bond acceptors (Lipinski definition) is 1. The van der Waals surface area contributed by atoms with Gasteiger partial charge in [0, 0.05) is 33.4 Å². The maximum absolute atomic E-state index is 2.46. The van der Waals surface area contributed by atoms with E-state index in [0.29, 0.717) is 0 Å². The molecule has 0 saturated carbocycles. The lowest BCUT2D eigenvalue weighted by Gasteiger charge is -2.30. The van der Waals surface area contributed by atoms with E-state index in [2.05, 4.69) is 264 Å². The molecule has 0 bridgehead atoms. The first-order chi connectivity index (χ1) is 30.8. The summed E-state index contributed by atoms with van der Waals surface area (Å²) >= 11 is 0. The van der Waals surface area contributed by atoms with Crippen LogP contribution in [0.2, 0.25) is 0 Å². The maximum atomic E-state index is 2.46. The zero-order valence-electron chi connectivity index (χ0n) is 34.1. The minimum Gasteiger partial charge on any atom is -0.310 e. The molecule has 0 N–H and O–H groups in total. The summed E-state index contributed by atoms with van der Waals surface area (Å²) in [6.45, 7) is 0. The van der Waals surface area contributed by atoms with Crippen LogP contribution in [-0.2, 0) is 0 Å². The summed E-state index contributed by atoms with van der Waals surface area (Å²) < 4.78 is 2.38. The van der Waals surface area contributed by atoms with Crippen molar-refractivity contribution < 1.29 is 0 Å². The van der Waals surface area contributed by atoms with Crippen LogP contribution >= 0.6 is 0 Å². The van der Waals surface area contributed by atoms with Gasteiger partial charge in [-0.1, -0.05) is 194 Å². The summed E-state index contributed by atoms with van der Waals surface area (Å²) in [7, 11) is 0. The van der Waals surface area contributed by atoms with E-state index in [1.165, 1.54) is 77.4 Å². The van der Waals surface area contributed by atoms with Gasteiger partial charge in [-0.2, -0.15) is 0 Å². The highest BCUT2D eigenvalue weighted by Gasteiger charge is 2.24. The molecule has 10 aromatic carbocycles. The fourth-order valence-corrected chi connectivity index (χ4v) is 9.13. The zero-order valence-corrected chi connectivity index (χ0v) is 34.1. The molecule has 0 atom stereocenters. The normalized spacial score (nSPS) is 11.2. The Labute approximate surface area is 362 Å². The van der Waals surface area contributed by atoms with Crippen molar-refractivity contribution in [3.63, 3.8) is 0 Å². The van der Waals surface area contributed by atoms with Crippen LogP contribution in [0.15, 0.2) is 255 Å². The quantitative estimate of drug-likeness (QED) is 0.141. The fourth-order valence-electron chi connectivity index (χ4n) is 9.13. The molecular formula is C60H42N2. The SMILES string of the molecule is c1ccc(-c2cccc(-c3ccc(N(c4ccc5c(c4)c4ccccc4n5-c4ccccc4)c4cccc(-c5ccccc5)c4-c4ccccc4-c4ccccc4)cc3)c2)cc1. The Morgan fingerprint density at radius 1 is 0.274 bits per heavy atom. The van der Waals surface area contributed by atoms with E-state index in [0.717, 1.165) is 22.7 Å². The van der Waals surface area contributed by atoms with Crippen molar-refractivity contribution in [3.05, 3.63) is 255 Å². The van der Waals surface area contributed by atoms with E-state index in [9.17, 15) is 0 Å². The molecule has 62 heavy (non-hydrogen) atoms. The van der Waals surface area contributed by atoms with E-state index in [1.54, 1.807) is 0 Å². The molecule has 11 rings (SSSR count). The fraction of sp³-hybridized carbons (Fsp3) is 0. The summed E-state index contributed by atoms with van der Waals surface area (Å²) in [6, 6.07) is 92.2. The molecule has 0 unspecified atom stereocenters. The van der Waals surface area contributed by atoms with Crippen molar-refractivity contribution >= 4 is 38.9 Å². The summed E-state index contributed by atoms with van der Waals surface area (Å²) in [5.74, 6) is 0. The first-order valence-electron chi connectivity index (χ1n) is 21.3. The van der Waals surface area contributed by atoms with Crippen LogP contribution in [0.1, 0.15) is 0 Å². The first kappa shape index (κ1) is 36.8. The summed E-state index contributed by atoms with van der Waals surface area (Å²) in [5.41, 5.74) is 18.6. The molecule has 2 nitrogen and oxygen atoms in total. The van der Waals surface area contributed by atoms with Crippen LogP contribution in [-0.4, -0.2) is 4.57 Å². The molecule has 1 aromatic heterocycles. The molecule has 0 aliphatic rings. The predicted octanol–water partition coefficient (Wildman–Crippen LogP) is 16.6. The van der Waals surface area contributed by atoms with Gasteiger partial charge in [-0.25, -0.2) is 0 Å². The number of benzene rings is 10. The molecule has 0 aliphatic heterocycles. The molecule has 11 aromatic rings. The van der Waals surface area contributed by atoms with Gasteiger partial charge >= 0.3 is 0 Å². The van der Waals surface area contributed by atoms with Gasteiger partial charge in [0.2, 0.25) is 0 Å². The highest BCUT2D eigenvalue weighted by atomic mass is 15.1. The Kier molecular flexibility index (Phi) is 9.57. The monoisotopic (exact) mass is 790 g/mol. The third-order valence-corrected chi connectivity index (χ3v) is 12.0. The van der Waals surface area contributed by atoms with Gasteiger partial charge in [0.1, 0.15) is 0 Å². The second kappa shape index (κ2) is 16.1. The largest absolute Gasteiger partial charge is 0.310 e. The second-order valence-electron chi connectivity index (χ2n) is 15.7. The van der Waals surface area contributed by atoms with Crippen LogP contribution in [0, 0.1) is 0 Å². The summed E-state index contributed by atoms with van der Waals surface area (Å²) in [5, 5.41) is 2.42. The van der Waals surface area contributed by atoms with Crippen molar-refractivity contribution in [2.75, 3.05) is 4.90 Å². The van der Waals surface area contributed by atoms with Crippen LogP contribution in [0.5, 0.6) is 0 Å². The molecule has 1 heterocycles. The topological polar surface area (TPSA) is 8.17 Å². The highest BCUT2D eigenvalue weighted by molar-refractivity contribution is 6.11. The molecule has 0 amide bonds. The Morgan fingerprint density at radius 3 is 1.45 bits per heavy atom. The lowest BCUT2D eigenvalue weighted by atomic mass is 9.87. The lowest BCUT2D eigenvalue weighted by molar-refractivity contribution is 1.18. The third kappa shape index (κ3) is 6.74. The van der Waals surface area contributed by atoms with Gasteiger partial charge in [0.25, 0.3) is 0 Å². The van der Waals surface area contributed by atoms with Crippen molar-refractivity contribution in [2.24, 2.45) is 0 Å². The molecule has 292 valence electrons. The molecule has 2 heteroatoms. The van der Waals surface area contributed by atoms with Crippen molar-refractivity contribution in [3.8, 4) is 61.3 Å². The van der Waals surface area contributed by atoms with Gasteiger partial charge in [-0.15, -0.1) is 0 Å². The van der Waals surface area contributed by atoms with E-state index in [-0.39, 0.29) is 0 Å². The number of nitrogens with zero attached hydrogens (tertiary/aromatic N) is 2. The first-order valence-corrected chi connectivity index (χ1v) is 21.3. The number of rotatable bonds is 9. The molecule has 0 spiro atoms. The van der Waals surface area contributed by atoms with Crippen LogP contribution < -0.4 is 4.90 Å². The van der Waals surface area contributed by atoms with Gasteiger partial charge < -0.3 is 9.47 Å². The number of aromatic nitrogens is 1. The third-order valence-electron chi connectivity index (χ3n) is 12.0. The van der Waals surface area contributed by atoms with Crippen molar-refractivity contribution in [1.82, 2.24) is 4.57 Å². The smallest absolute Gasteiger partial charge is 0.0546 e. The zero-order chi connectivity index (χ0) is 41.2. The van der Waals surface area contributed by atoms with E-state index >= 15 is 0 Å². The molecule has 0 saturated heterocycles. The summed E-state index contributed by atoms with van der Waals surface area (Å²) in [4.78, 5) is 2.46. The van der Waals surface area contributed by atoms with Gasteiger partial charge in [-0.05, 0) is 111 Å². The van der Waals surface area contributed by atoms with E-state index < -0.39 is 0 Å². The Balaban J connectivity index is 1.16. The Bertz CT molecular complexity index is 3310. The maximum Gasteiger partial charge on any atom is 0.0546 e. The molecule has 0 fully saturated rings. The predicted molar refractivity (Wildman–Crippen MR) is 263 cm³/mol. The average molecular weight is 791 g/mol. The highest BCUT2D eigenvalue weighted by Crippen LogP contribution is 2.49. The van der Waals surface area contributed by atoms with Crippen LogP contribution in [0.3, 0.4) is 0 Å². The van der Waals surface area contributed by atoms with E-state index in [1.807, 2.05) is 0 Å². The van der Waals surface area contributed by atoms with Crippen molar-refractivity contribution in [1.29, 1.82) is 0 Å². The number of fused-ring (bicyclic) bond motifs is 3. The standard InChI is InChI=1S/C60H42N2/c1-5-19-43(20-6-1)47-25-17-26-48(41-47)44-35-37-50(38-36-44)61(51-39-40-58-56(42-51)54-30-15-16-33-57(54)62(58)49-27-11-4-12-28-49)59-34-18-32-53(46-23-9-3-10-24-46)60(59)55-31-14-13-29-52(55)45-21-7-2-8-22-45/h1-42H. The van der Waals surface area contributed by atoms with Gasteiger partial charge in [0.15, 0.2) is 0 Å². The summed E-state index contributed by atoms with van der Waals surface area (Å²) in [6.07, 6.45) is 0. The number of anilines is 3. The van der Waals surface area contributed by atoms with Gasteiger partial charge in [-0.3, -0.25) is 0 Å². The minimum absolute atomic E-state index is 1.07. The molecule has 0 aliphatic carbocycles.